The van der Waals surface area contributed by atoms with Crippen LogP contribution in [0.5, 0.6) is 0 Å². The third-order valence-corrected chi connectivity index (χ3v) is 9.46. The number of carbonyl (C=O) groups is 1. The molecule has 206 valence electrons. The molecule has 37 heavy (non-hydrogen) atoms. The van der Waals surface area contributed by atoms with Gasteiger partial charge in [-0.15, -0.1) is 0 Å². The summed E-state index contributed by atoms with van der Waals surface area (Å²) in [5.41, 5.74) is -7.36. The van der Waals surface area contributed by atoms with Crippen LogP contribution in [0.1, 0.15) is 50.9 Å². The van der Waals surface area contributed by atoms with Gasteiger partial charge in [0.15, 0.2) is 0 Å². The zero-order valence-corrected chi connectivity index (χ0v) is 21.4. The number of benzene rings is 1. The van der Waals surface area contributed by atoms with Crippen LogP contribution < -0.4 is 0 Å². The summed E-state index contributed by atoms with van der Waals surface area (Å²) in [7, 11) is 0. The van der Waals surface area contributed by atoms with Gasteiger partial charge in [0.05, 0.1) is 47.1 Å². The van der Waals surface area contributed by atoms with E-state index in [2.05, 4.69) is 0 Å². The van der Waals surface area contributed by atoms with E-state index in [9.17, 15) is 45.6 Å². The van der Waals surface area contributed by atoms with Crippen molar-refractivity contribution in [1.82, 2.24) is 0 Å². The first kappa shape index (κ1) is 28.1. The van der Waals surface area contributed by atoms with Gasteiger partial charge in [-0.25, -0.2) is 4.79 Å². The molecule has 8 N–H and O–H groups in total. The van der Waals surface area contributed by atoms with Crippen LogP contribution in [-0.2, 0) is 4.74 Å². The molecular weight excluding hydrogens is 484 g/mol. The van der Waals surface area contributed by atoms with Crippen LogP contribution in [0.15, 0.2) is 41.5 Å². The molecule has 0 unspecified atom stereocenters. The zero-order valence-electron chi connectivity index (χ0n) is 21.4. The van der Waals surface area contributed by atoms with Gasteiger partial charge in [-0.2, -0.15) is 0 Å². The van der Waals surface area contributed by atoms with E-state index in [4.69, 9.17) is 4.74 Å². The molecule has 10 heteroatoms. The second-order valence-corrected chi connectivity index (χ2v) is 11.7. The van der Waals surface area contributed by atoms with Crippen LogP contribution >= 0.6 is 0 Å². The van der Waals surface area contributed by atoms with Gasteiger partial charge in [0.1, 0.15) is 18.3 Å². The Bertz CT molecular complexity index is 1070. The minimum absolute atomic E-state index is 0.0217. The number of aliphatic hydroxyl groups excluding tert-OH is 6. The Balaban J connectivity index is 1.89. The number of ether oxygens (including phenoxy) is 1. The highest BCUT2D eigenvalue weighted by Crippen LogP contribution is 2.64. The molecule has 1 aromatic rings. The van der Waals surface area contributed by atoms with Crippen molar-refractivity contribution in [2.45, 2.75) is 88.4 Å². The van der Waals surface area contributed by atoms with Crippen LogP contribution in [0.4, 0.5) is 0 Å². The molecule has 10 nitrogen and oxygen atoms in total. The molecule has 0 amide bonds. The predicted molar refractivity (Wildman–Crippen MR) is 130 cm³/mol. The Labute approximate surface area is 215 Å². The molecule has 3 aliphatic carbocycles. The standard InChI is InChI=1S/C27H38O10/c1-13-15(28)11-26(24(2,3)35)18(13)19(31)21(32)25(4)16(29)10-17(30)27(36,20(25)22(26)33)12-37-23(34)14-8-6-5-7-9-14/h5-9,15-17,19-22,28-33,35-36H,10-12H2,1-4H3/t15-,16-,17-,19+,20-,21-,22-,25+,26-,27-/m1/s1. The minimum atomic E-state index is -2.41. The van der Waals surface area contributed by atoms with Crippen LogP contribution in [-0.4, -0.2) is 101 Å². The molecule has 0 heterocycles. The molecule has 0 aliphatic heterocycles. The van der Waals surface area contributed by atoms with E-state index in [-0.39, 0.29) is 23.1 Å². The Kier molecular flexibility index (Phi) is 6.92. The fraction of sp³-hybridized carbons (Fsp3) is 0.667. The number of hydrogen-bond acceptors (Lipinski definition) is 10. The predicted octanol–water partition coefficient (Wildman–Crippen LogP) is -0.743. The number of esters is 1. The van der Waals surface area contributed by atoms with E-state index in [1.54, 1.807) is 18.2 Å². The van der Waals surface area contributed by atoms with Crippen LogP contribution in [0.2, 0.25) is 0 Å². The van der Waals surface area contributed by atoms with Gasteiger partial charge in [0.2, 0.25) is 0 Å². The first-order chi connectivity index (χ1) is 17.0. The van der Waals surface area contributed by atoms with Crippen molar-refractivity contribution in [3.63, 3.8) is 0 Å². The maximum Gasteiger partial charge on any atom is 0.338 e. The SMILES string of the molecule is CC1=C2[C@H](O)[C@@H](O)[C@@]3(C)[C@H](O)C[C@@H](O)[C@](O)(COC(=O)c4ccccc4)[C@@H]3[C@@H](O)[C@@]2(C(C)(C)O)C[C@H]1O. The summed E-state index contributed by atoms with van der Waals surface area (Å²) < 4.78 is 5.38. The summed E-state index contributed by atoms with van der Waals surface area (Å²) in [5, 5.41) is 91.3. The Morgan fingerprint density at radius 3 is 2.19 bits per heavy atom. The first-order valence-corrected chi connectivity index (χ1v) is 12.5. The average Bonchev–Trinajstić information content (AvgIpc) is 3.09. The van der Waals surface area contributed by atoms with Crippen molar-refractivity contribution in [3.8, 4) is 0 Å². The molecule has 0 bridgehead atoms. The van der Waals surface area contributed by atoms with Crippen molar-refractivity contribution < 1.29 is 50.4 Å². The molecule has 10 atom stereocenters. The lowest BCUT2D eigenvalue weighted by molar-refractivity contribution is -0.285. The second kappa shape index (κ2) is 9.10. The van der Waals surface area contributed by atoms with Gasteiger partial charge in [0.25, 0.3) is 0 Å². The highest BCUT2D eigenvalue weighted by atomic mass is 16.5. The highest BCUT2D eigenvalue weighted by molar-refractivity contribution is 5.89. The topological polar surface area (TPSA) is 188 Å². The lowest BCUT2D eigenvalue weighted by Crippen LogP contribution is -2.72. The third kappa shape index (κ3) is 3.81. The van der Waals surface area contributed by atoms with E-state index in [0.29, 0.717) is 0 Å². The number of carbonyl (C=O) groups excluding carboxylic acids is 1. The van der Waals surface area contributed by atoms with Gasteiger partial charge in [-0.3, -0.25) is 0 Å². The maximum atomic E-state index is 12.7. The van der Waals surface area contributed by atoms with E-state index >= 15 is 0 Å². The minimum Gasteiger partial charge on any atom is -0.459 e. The van der Waals surface area contributed by atoms with Crippen molar-refractivity contribution in [2.75, 3.05) is 6.61 Å². The molecule has 0 saturated heterocycles. The largest absolute Gasteiger partial charge is 0.459 e. The summed E-state index contributed by atoms with van der Waals surface area (Å²) in [4.78, 5) is 12.7. The van der Waals surface area contributed by atoms with E-state index < -0.39 is 83.6 Å². The molecule has 1 aromatic carbocycles. The molecule has 2 saturated carbocycles. The molecule has 0 spiro atoms. The smallest absolute Gasteiger partial charge is 0.338 e. The molecule has 0 aromatic heterocycles. The van der Waals surface area contributed by atoms with Gasteiger partial charge >= 0.3 is 5.97 Å². The highest BCUT2D eigenvalue weighted by Gasteiger charge is 2.74. The second-order valence-electron chi connectivity index (χ2n) is 11.7. The fourth-order valence-electron chi connectivity index (χ4n) is 7.24. The summed E-state index contributed by atoms with van der Waals surface area (Å²) in [6.45, 7) is 4.85. The zero-order chi connectivity index (χ0) is 27.7. The lowest BCUT2D eigenvalue weighted by atomic mass is 9.51. The Morgan fingerprint density at radius 2 is 1.62 bits per heavy atom. The number of rotatable bonds is 4. The normalized spacial score (nSPS) is 44.2. The monoisotopic (exact) mass is 522 g/mol. The van der Waals surface area contributed by atoms with Gasteiger partial charge < -0.3 is 45.6 Å². The van der Waals surface area contributed by atoms with Crippen molar-refractivity contribution >= 4 is 5.97 Å². The van der Waals surface area contributed by atoms with Gasteiger partial charge in [-0.1, -0.05) is 25.1 Å². The summed E-state index contributed by atoms with van der Waals surface area (Å²) in [5.74, 6) is -2.42. The van der Waals surface area contributed by atoms with Gasteiger partial charge in [0, 0.05) is 17.8 Å². The van der Waals surface area contributed by atoms with Crippen molar-refractivity contribution in [1.29, 1.82) is 0 Å². The lowest BCUT2D eigenvalue weighted by Gasteiger charge is -2.59. The average molecular weight is 523 g/mol. The van der Waals surface area contributed by atoms with Crippen LogP contribution in [0.25, 0.3) is 0 Å². The Morgan fingerprint density at radius 1 is 1.03 bits per heavy atom. The summed E-state index contributed by atoms with van der Waals surface area (Å²) in [6, 6.07) is 7.95. The van der Waals surface area contributed by atoms with Crippen LogP contribution in [0, 0.1) is 16.7 Å². The van der Waals surface area contributed by atoms with E-state index in [1.165, 1.54) is 39.8 Å². The van der Waals surface area contributed by atoms with Crippen molar-refractivity contribution in [3.05, 3.63) is 47.0 Å². The summed E-state index contributed by atoms with van der Waals surface area (Å²) >= 11 is 0. The molecule has 4 rings (SSSR count). The van der Waals surface area contributed by atoms with Gasteiger partial charge in [-0.05, 0) is 50.5 Å². The number of aliphatic hydroxyl groups is 8. The fourth-order valence-corrected chi connectivity index (χ4v) is 7.24. The summed E-state index contributed by atoms with van der Waals surface area (Å²) in [6.07, 6.45) is -10.4. The quantitative estimate of drug-likeness (QED) is 0.185. The molecular formula is C27H38O10. The number of fused-ring (bicyclic) bond motifs is 2. The van der Waals surface area contributed by atoms with E-state index in [0.717, 1.165) is 0 Å². The first-order valence-electron chi connectivity index (χ1n) is 12.5. The van der Waals surface area contributed by atoms with Crippen molar-refractivity contribution in [2.24, 2.45) is 16.7 Å². The van der Waals surface area contributed by atoms with Crippen LogP contribution in [0.3, 0.4) is 0 Å². The van der Waals surface area contributed by atoms with E-state index in [1.807, 2.05) is 0 Å². The Hall–Kier alpha value is -1.89. The maximum absolute atomic E-state index is 12.7. The molecule has 0 radical (unpaired) electrons. The molecule has 3 aliphatic rings. The number of hydrogen-bond donors (Lipinski definition) is 8. The molecule has 2 fully saturated rings. The third-order valence-electron chi connectivity index (χ3n) is 9.46.